The lowest BCUT2D eigenvalue weighted by atomic mass is 10.1. The van der Waals surface area contributed by atoms with Gasteiger partial charge < -0.3 is 14.8 Å². The largest absolute Gasteiger partial charge is 0.493 e. The number of methoxy groups -OCH3 is 2. The van der Waals surface area contributed by atoms with Gasteiger partial charge in [0, 0.05) is 23.4 Å². The topological polar surface area (TPSA) is 72.7 Å². The van der Waals surface area contributed by atoms with E-state index in [1.165, 1.54) is 0 Å². The first kappa shape index (κ1) is 21.3. The molecular formula is C22H25N5O2S. The molecule has 7 nitrogen and oxygen atoms in total. The van der Waals surface area contributed by atoms with E-state index in [4.69, 9.17) is 26.8 Å². The summed E-state index contributed by atoms with van der Waals surface area (Å²) in [4.78, 5) is 0. The molecule has 0 saturated heterocycles. The fraction of sp³-hybridized carbons (Fsp3) is 0.227. The van der Waals surface area contributed by atoms with E-state index in [1.54, 1.807) is 20.4 Å². The van der Waals surface area contributed by atoms with Crippen molar-refractivity contribution in [1.29, 1.82) is 0 Å². The Morgan fingerprint density at radius 1 is 1.10 bits per heavy atom. The molecule has 30 heavy (non-hydrogen) atoms. The van der Waals surface area contributed by atoms with Crippen LogP contribution in [0.15, 0.2) is 59.8 Å². The molecule has 0 aliphatic rings. The number of thiocarbonyl (C=S) groups is 1. The molecule has 0 aliphatic heterocycles. The lowest BCUT2D eigenvalue weighted by Gasteiger charge is -2.09. The molecule has 3 aromatic rings. The van der Waals surface area contributed by atoms with E-state index >= 15 is 0 Å². The van der Waals surface area contributed by atoms with Gasteiger partial charge in [0.25, 0.3) is 0 Å². The Balaban J connectivity index is 1.98. The number of hydrogen-bond donors (Lipinski definition) is 2. The maximum Gasteiger partial charge on any atom is 0.187 e. The van der Waals surface area contributed by atoms with Crippen molar-refractivity contribution in [3.05, 3.63) is 60.3 Å². The summed E-state index contributed by atoms with van der Waals surface area (Å²) in [6.07, 6.45) is 3.62. The first-order chi connectivity index (χ1) is 14.5. The molecule has 0 fully saturated rings. The highest BCUT2D eigenvalue weighted by Gasteiger charge is 2.14. The maximum absolute atomic E-state index is 5.45. The van der Waals surface area contributed by atoms with E-state index < -0.39 is 0 Å². The summed E-state index contributed by atoms with van der Waals surface area (Å²) in [5, 5.41) is 12.6. The maximum atomic E-state index is 5.45. The van der Waals surface area contributed by atoms with Crippen molar-refractivity contribution < 1.29 is 9.47 Å². The molecule has 0 aliphatic carbocycles. The number of aromatic nitrogens is 2. The number of hydrogen-bond acceptors (Lipinski definition) is 5. The van der Waals surface area contributed by atoms with Gasteiger partial charge in [-0.1, -0.05) is 18.2 Å². The summed E-state index contributed by atoms with van der Waals surface area (Å²) in [7, 11) is 3.22. The molecular weight excluding hydrogens is 398 g/mol. The predicted octanol–water partition coefficient (Wildman–Crippen LogP) is 3.76. The lowest BCUT2D eigenvalue weighted by molar-refractivity contribution is 0.355. The highest BCUT2D eigenvalue weighted by atomic mass is 32.1. The van der Waals surface area contributed by atoms with Gasteiger partial charge in [-0.3, -0.25) is 5.43 Å². The summed E-state index contributed by atoms with van der Waals surface area (Å²) in [5.74, 6) is 1.29. The van der Waals surface area contributed by atoms with Crippen LogP contribution in [0.4, 0.5) is 0 Å². The Morgan fingerprint density at radius 2 is 1.83 bits per heavy atom. The van der Waals surface area contributed by atoms with Gasteiger partial charge in [0.05, 0.1) is 26.1 Å². The van der Waals surface area contributed by atoms with Gasteiger partial charge in [-0.2, -0.15) is 10.2 Å². The first-order valence-corrected chi connectivity index (χ1v) is 9.89. The smallest absolute Gasteiger partial charge is 0.187 e. The van der Waals surface area contributed by atoms with E-state index in [0.717, 1.165) is 22.5 Å². The molecule has 2 aromatic carbocycles. The van der Waals surface area contributed by atoms with E-state index in [0.29, 0.717) is 16.6 Å². The van der Waals surface area contributed by atoms with E-state index in [2.05, 4.69) is 15.8 Å². The number of hydrazone groups is 1. The molecule has 0 unspecified atom stereocenters. The zero-order valence-electron chi connectivity index (χ0n) is 17.4. The number of para-hydroxylation sites is 1. The number of benzene rings is 2. The molecule has 0 bridgehead atoms. The van der Waals surface area contributed by atoms with Crippen LogP contribution in [0, 0.1) is 0 Å². The van der Waals surface area contributed by atoms with Crippen LogP contribution < -0.4 is 20.2 Å². The van der Waals surface area contributed by atoms with Crippen molar-refractivity contribution in [2.24, 2.45) is 5.10 Å². The average molecular weight is 424 g/mol. The molecule has 0 amide bonds. The van der Waals surface area contributed by atoms with Crippen LogP contribution in [-0.2, 0) is 0 Å². The summed E-state index contributed by atoms with van der Waals surface area (Å²) in [6, 6.07) is 15.8. The third kappa shape index (κ3) is 5.15. The molecule has 3 rings (SSSR count). The van der Waals surface area contributed by atoms with Crippen molar-refractivity contribution in [1.82, 2.24) is 20.5 Å². The van der Waals surface area contributed by atoms with Crippen molar-refractivity contribution in [3.8, 4) is 28.4 Å². The Bertz CT molecular complexity index is 1030. The van der Waals surface area contributed by atoms with Crippen LogP contribution in [0.2, 0.25) is 0 Å². The van der Waals surface area contributed by atoms with E-state index in [-0.39, 0.29) is 6.04 Å². The minimum absolute atomic E-state index is 0.225. The van der Waals surface area contributed by atoms with Crippen molar-refractivity contribution in [2.75, 3.05) is 14.2 Å². The second kappa shape index (κ2) is 9.89. The minimum atomic E-state index is 0.225. The number of rotatable bonds is 7. The normalized spacial score (nSPS) is 11.0. The number of ether oxygens (including phenoxy) is 2. The fourth-order valence-electron chi connectivity index (χ4n) is 2.86. The summed E-state index contributed by atoms with van der Waals surface area (Å²) in [5.41, 5.74) is 6.25. The van der Waals surface area contributed by atoms with Crippen LogP contribution >= 0.6 is 12.2 Å². The van der Waals surface area contributed by atoms with Crippen molar-refractivity contribution in [3.63, 3.8) is 0 Å². The molecule has 1 aromatic heterocycles. The third-order valence-corrected chi connectivity index (χ3v) is 4.42. The van der Waals surface area contributed by atoms with Crippen molar-refractivity contribution in [2.45, 2.75) is 19.9 Å². The van der Waals surface area contributed by atoms with Crippen LogP contribution in [-0.4, -0.2) is 41.4 Å². The Labute approximate surface area is 181 Å². The summed E-state index contributed by atoms with van der Waals surface area (Å²) < 4.78 is 12.6. The van der Waals surface area contributed by atoms with Gasteiger partial charge in [0.15, 0.2) is 16.6 Å². The van der Waals surface area contributed by atoms with Gasteiger partial charge in [-0.15, -0.1) is 0 Å². The van der Waals surface area contributed by atoms with E-state index in [9.17, 15) is 0 Å². The molecule has 8 heteroatoms. The van der Waals surface area contributed by atoms with Gasteiger partial charge in [-0.05, 0) is 56.4 Å². The molecule has 1 heterocycles. The number of nitrogens with one attached hydrogen (secondary N) is 2. The third-order valence-electron chi connectivity index (χ3n) is 4.21. The highest BCUT2D eigenvalue weighted by Crippen LogP contribution is 2.33. The van der Waals surface area contributed by atoms with E-state index in [1.807, 2.05) is 73.3 Å². The highest BCUT2D eigenvalue weighted by molar-refractivity contribution is 7.80. The van der Waals surface area contributed by atoms with Crippen LogP contribution in [0.25, 0.3) is 16.9 Å². The summed E-state index contributed by atoms with van der Waals surface area (Å²) >= 11 is 5.23. The molecule has 2 N–H and O–H groups in total. The Morgan fingerprint density at radius 3 is 2.50 bits per heavy atom. The Kier molecular flexibility index (Phi) is 7.03. The molecule has 0 saturated carbocycles. The van der Waals surface area contributed by atoms with Crippen LogP contribution in [0.1, 0.15) is 19.4 Å². The predicted molar refractivity (Wildman–Crippen MR) is 124 cm³/mol. The van der Waals surface area contributed by atoms with Gasteiger partial charge >= 0.3 is 0 Å². The summed E-state index contributed by atoms with van der Waals surface area (Å²) in [6.45, 7) is 4.02. The zero-order chi connectivity index (χ0) is 21.5. The van der Waals surface area contributed by atoms with Gasteiger partial charge in [0.1, 0.15) is 5.69 Å². The lowest BCUT2D eigenvalue weighted by Crippen LogP contribution is -2.36. The van der Waals surface area contributed by atoms with Gasteiger partial charge in [-0.25, -0.2) is 4.68 Å². The van der Waals surface area contributed by atoms with Gasteiger partial charge in [0.2, 0.25) is 0 Å². The molecule has 0 radical (unpaired) electrons. The Hall–Kier alpha value is -3.39. The fourth-order valence-corrected chi connectivity index (χ4v) is 3.15. The SMILES string of the molecule is COc1ccc(-c2nn(-c3ccccc3)cc2C=NNC(=S)NC(C)C)cc1OC. The molecule has 0 atom stereocenters. The number of nitrogens with zero attached hydrogens (tertiary/aromatic N) is 3. The van der Waals surface area contributed by atoms with Crippen molar-refractivity contribution >= 4 is 23.5 Å². The molecule has 156 valence electrons. The minimum Gasteiger partial charge on any atom is -0.493 e. The zero-order valence-corrected chi connectivity index (χ0v) is 18.2. The van der Waals surface area contributed by atoms with Crippen LogP contribution in [0.3, 0.4) is 0 Å². The second-order valence-electron chi connectivity index (χ2n) is 6.78. The molecule has 0 spiro atoms. The monoisotopic (exact) mass is 423 g/mol. The quantitative estimate of drug-likeness (QED) is 0.342. The standard InChI is InChI=1S/C22H25N5O2S/c1-15(2)24-22(30)25-23-13-17-14-27(18-8-6-5-7-9-18)26-21(17)16-10-11-19(28-3)20(12-16)29-4/h5-15H,1-4H3,(H2,24,25,30). The first-order valence-electron chi connectivity index (χ1n) is 9.49. The second-order valence-corrected chi connectivity index (χ2v) is 7.19. The van der Waals surface area contributed by atoms with Crippen LogP contribution in [0.5, 0.6) is 11.5 Å². The average Bonchev–Trinajstić information content (AvgIpc) is 3.17.